The van der Waals surface area contributed by atoms with Crippen molar-refractivity contribution in [3.8, 4) is 11.5 Å². The first-order valence-corrected chi connectivity index (χ1v) is 10.7. The Hall–Kier alpha value is -3.46. The van der Waals surface area contributed by atoms with Gasteiger partial charge >= 0.3 is 0 Å². The maximum atomic E-state index is 12.2. The summed E-state index contributed by atoms with van der Waals surface area (Å²) in [5.41, 5.74) is 1.65. The second-order valence-corrected chi connectivity index (χ2v) is 7.64. The summed E-state index contributed by atoms with van der Waals surface area (Å²) in [5, 5.41) is 11.7. The van der Waals surface area contributed by atoms with Gasteiger partial charge in [0.25, 0.3) is 5.91 Å². The molecule has 0 spiro atoms. The van der Waals surface area contributed by atoms with Crippen LogP contribution in [0.25, 0.3) is 0 Å². The fraction of sp³-hybridized carbons (Fsp3) is 0.391. The highest BCUT2D eigenvalue weighted by atomic mass is 16.5. The van der Waals surface area contributed by atoms with Crippen molar-refractivity contribution >= 4 is 5.91 Å². The summed E-state index contributed by atoms with van der Waals surface area (Å²) in [6.07, 6.45) is 4.66. The van der Waals surface area contributed by atoms with Crippen molar-refractivity contribution in [3.63, 3.8) is 0 Å². The third-order valence-electron chi connectivity index (χ3n) is 5.63. The number of carbonyl (C=O) groups is 1. The molecule has 4 rings (SSSR count). The molecule has 0 atom stereocenters. The van der Waals surface area contributed by atoms with Gasteiger partial charge < -0.3 is 19.4 Å². The second kappa shape index (κ2) is 10.2. The van der Waals surface area contributed by atoms with Crippen LogP contribution >= 0.6 is 0 Å². The molecule has 0 saturated carbocycles. The summed E-state index contributed by atoms with van der Waals surface area (Å²) < 4.78 is 13.1. The highest BCUT2D eigenvalue weighted by molar-refractivity contribution is 5.93. The number of ether oxygens (including phenoxy) is 2. The van der Waals surface area contributed by atoms with Crippen LogP contribution in [0.2, 0.25) is 0 Å². The Kier molecular flexibility index (Phi) is 6.96. The molecular weight excluding hydrogens is 408 g/mol. The number of nitrogens with zero attached hydrogens (tertiary/aromatic N) is 5. The lowest BCUT2D eigenvalue weighted by Gasteiger charge is -2.21. The zero-order chi connectivity index (χ0) is 22.3. The normalized spacial score (nSPS) is 13.8. The van der Waals surface area contributed by atoms with Gasteiger partial charge in [0, 0.05) is 63.5 Å². The van der Waals surface area contributed by atoms with Crippen molar-refractivity contribution in [2.75, 3.05) is 33.9 Å². The summed E-state index contributed by atoms with van der Waals surface area (Å²) in [7, 11) is 3.36. The van der Waals surface area contributed by atoms with Gasteiger partial charge in [-0.2, -0.15) is 0 Å². The van der Waals surface area contributed by atoms with Crippen LogP contribution in [0, 0.1) is 0 Å². The lowest BCUT2D eigenvalue weighted by Crippen LogP contribution is -2.28. The van der Waals surface area contributed by atoms with Crippen LogP contribution in [0.4, 0.5) is 0 Å². The Balaban J connectivity index is 1.35. The molecule has 3 aromatic rings. The number of benzene rings is 1. The molecule has 0 bridgehead atoms. The Morgan fingerprint density at radius 1 is 1.12 bits per heavy atom. The molecule has 0 saturated heterocycles. The van der Waals surface area contributed by atoms with Crippen LogP contribution in [0.15, 0.2) is 42.7 Å². The summed E-state index contributed by atoms with van der Waals surface area (Å²) in [6, 6.07) is 9.38. The van der Waals surface area contributed by atoms with Gasteiger partial charge in [-0.25, -0.2) is 0 Å². The van der Waals surface area contributed by atoms with E-state index in [1.807, 2.05) is 18.2 Å². The van der Waals surface area contributed by atoms with Gasteiger partial charge in [-0.05, 0) is 30.3 Å². The minimum absolute atomic E-state index is 0.132. The summed E-state index contributed by atoms with van der Waals surface area (Å²) in [5.74, 6) is 3.43. The summed E-state index contributed by atoms with van der Waals surface area (Å²) >= 11 is 0. The lowest BCUT2D eigenvalue weighted by atomic mass is 10.1. The van der Waals surface area contributed by atoms with Crippen molar-refractivity contribution in [3.05, 3.63) is 65.5 Å². The summed E-state index contributed by atoms with van der Waals surface area (Å²) in [4.78, 5) is 18.6. The van der Waals surface area contributed by atoms with E-state index in [1.165, 1.54) is 0 Å². The molecule has 1 aliphatic rings. The molecule has 1 N–H and O–H groups in total. The SMILES string of the molecule is COc1ccc(OC)c(CN2CCc3nnc(CCNC(=O)c4cccnc4)n3CC2)c1. The first kappa shape index (κ1) is 21.8. The molecule has 2 aromatic heterocycles. The quantitative estimate of drug-likeness (QED) is 0.575. The van der Waals surface area contributed by atoms with Gasteiger partial charge in [0.15, 0.2) is 0 Å². The van der Waals surface area contributed by atoms with E-state index in [1.54, 1.807) is 38.7 Å². The van der Waals surface area contributed by atoms with E-state index in [0.29, 0.717) is 18.5 Å². The Bertz CT molecular complexity index is 1050. The smallest absolute Gasteiger partial charge is 0.252 e. The van der Waals surface area contributed by atoms with Crippen molar-refractivity contribution in [2.24, 2.45) is 0 Å². The van der Waals surface area contributed by atoms with Gasteiger partial charge in [0.2, 0.25) is 0 Å². The highest BCUT2D eigenvalue weighted by Gasteiger charge is 2.20. The van der Waals surface area contributed by atoms with E-state index >= 15 is 0 Å². The van der Waals surface area contributed by atoms with Crippen LogP contribution in [0.3, 0.4) is 0 Å². The second-order valence-electron chi connectivity index (χ2n) is 7.64. The van der Waals surface area contributed by atoms with Crippen molar-refractivity contribution in [1.82, 2.24) is 30.0 Å². The van der Waals surface area contributed by atoms with E-state index in [2.05, 4.69) is 30.0 Å². The molecule has 1 aliphatic heterocycles. The number of carbonyl (C=O) groups excluding carboxylic acids is 1. The van der Waals surface area contributed by atoms with Crippen molar-refractivity contribution in [2.45, 2.75) is 25.9 Å². The van der Waals surface area contributed by atoms with Gasteiger partial charge in [0.1, 0.15) is 23.1 Å². The Labute approximate surface area is 187 Å². The fourth-order valence-corrected chi connectivity index (χ4v) is 3.90. The molecule has 0 aliphatic carbocycles. The molecule has 0 radical (unpaired) electrons. The maximum absolute atomic E-state index is 12.2. The first-order chi connectivity index (χ1) is 15.7. The monoisotopic (exact) mass is 436 g/mol. The molecule has 168 valence electrons. The number of fused-ring (bicyclic) bond motifs is 1. The zero-order valence-electron chi connectivity index (χ0n) is 18.5. The minimum Gasteiger partial charge on any atom is -0.497 e. The van der Waals surface area contributed by atoms with Crippen LogP contribution < -0.4 is 14.8 Å². The van der Waals surface area contributed by atoms with Gasteiger partial charge in [-0.15, -0.1) is 10.2 Å². The third-order valence-corrected chi connectivity index (χ3v) is 5.63. The molecule has 3 heterocycles. The Morgan fingerprint density at radius 2 is 2.03 bits per heavy atom. The highest BCUT2D eigenvalue weighted by Crippen LogP contribution is 2.26. The fourth-order valence-electron chi connectivity index (χ4n) is 3.90. The third kappa shape index (κ3) is 5.05. The first-order valence-electron chi connectivity index (χ1n) is 10.7. The lowest BCUT2D eigenvalue weighted by molar-refractivity contribution is 0.0953. The molecule has 9 heteroatoms. The van der Waals surface area contributed by atoms with Gasteiger partial charge in [-0.1, -0.05) is 0 Å². The number of pyridine rings is 1. The number of aromatic nitrogens is 4. The summed E-state index contributed by atoms with van der Waals surface area (Å²) in [6.45, 7) is 3.84. The topological polar surface area (TPSA) is 94.4 Å². The van der Waals surface area contributed by atoms with Crippen LogP contribution in [-0.4, -0.2) is 64.4 Å². The zero-order valence-corrected chi connectivity index (χ0v) is 18.5. The number of hydrogen-bond acceptors (Lipinski definition) is 7. The predicted octanol–water partition coefficient (Wildman–Crippen LogP) is 1.72. The Morgan fingerprint density at radius 3 is 2.81 bits per heavy atom. The molecule has 1 amide bonds. The van der Waals surface area contributed by atoms with E-state index in [9.17, 15) is 4.79 Å². The predicted molar refractivity (Wildman–Crippen MR) is 119 cm³/mol. The number of rotatable bonds is 8. The number of nitrogens with one attached hydrogen (secondary N) is 1. The van der Waals surface area contributed by atoms with Crippen LogP contribution in [-0.2, 0) is 25.9 Å². The van der Waals surface area contributed by atoms with Gasteiger partial charge in [-0.3, -0.25) is 14.7 Å². The molecule has 32 heavy (non-hydrogen) atoms. The standard InChI is InChI=1S/C23H28N6O3/c1-31-19-5-6-20(32-2)18(14-19)16-28-11-8-22-27-26-21(29(22)13-12-28)7-10-25-23(30)17-4-3-9-24-15-17/h3-6,9,14-15H,7-8,10-13,16H2,1-2H3,(H,25,30). The average Bonchev–Trinajstić information content (AvgIpc) is 3.11. The minimum atomic E-state index is -0.132. The number of hydrogen-bond donors (Lipinski definition) is 1. The molecule has 9 nitrogen and oxygen atoms in total. The molecule has 0 unspecified atom stereocenters. The maximum Gasteiger partial charge on any atom is 0.252 e. The average molecular weight is 437 g/mol. The molecular formula is C23H28N6O3. The van der Waals surface area contributed by atoms with Crippen molar-refractivity contribution < 1.29 is 14.3 Å². The van der Waals surface area contributed by atoms with E-state index < -0.39 is 0 Å². The van der Waals surface area contributed by atoms with Crippen molar-refractivity contribution in [1.29, 1.82) is 0 Å². The largest absolute Gasteiger partial charge is 0.497 e. The number of amides is 1. The molecule has 0 fully saturated rings. The van der Waals surface area contributed by atoms with Crippen LogP contribution in [0.5, 0.6) is 11.5 Å². The van der Waals surface area contributed by atoms with E-state index in [-0.39, 0.29) is 5.91 Å². The molecule has 1 aromatic carbocycles. The number of methoxy groups -OCH3 is 2. The van der Waals surface area contributed by atoms with E-state index in [0.717, 1.165) is 61.3 Å². The van der Waals surface area contributed by atoms with Gasteiger partial charge in [0.05, 0.1) is 19.8 Å². The van der Waals surface area contributed by atoms with E-state index in [4.69, 9.17) is 9.47 Å². The van der Waals surface area contributed by atoms with Crippen LogP contribution in [0.1, 0.15) is 27.6 Å².